The van der Waals surface area contributed by atoms with Crippen LogP contribution >= 0.6 is 0 Å². The average Bonchev–Trinajstić information content (AvgIpc) is 4.00. The largest absolute Gasteiger partial charge is 0.497 e. The first-order chi connectivity index (χ1) is 26.7. The minimum atomic E-state index is -3.93. The monoisotopic (exact) mass is 794 g/mol. The van der Waals surface area contributed by atoms with Crippen LogP contribution in [0.15, 0.2) is 53.3 Å². The maximum absolute atomic E-state index is 14.5. The molecular formula is C38H46N6O11S. The van der Waals surface area contributed by atoms with Gasteiger partial charge in [0.05, 0.1) is 31.7 Å². The van der Waals surface area contributed by atoms with E-state index in [0.717, 1.165) is 0 Å². The molecule has 0 bridgehead atoms. The quantitative estimate of drug-likeness (QED) is 0.280. The van der Waals surface area contributed by atoms with Crippen LogP contribution in [0.3, 0.4) is 0 Å². The number of amides is 4. The van der Waals surface area contributed by atoms with Gasteiger partial charge in [-0.2, -0.15) is 0 Å². The van der Waals surface area contributed by atoms with Crippen LogP contribution < -0.4 is 24.8 Å². The van der Waals surface area contributed by atoms with E-state index in [0.29, 0.717) is 47.9 Å². The van der Waals surface area contributed by atoms with Gasteiger partial charge >= 0.3 is 6.09 Å². The van der Waals surface area contributed by atoms with Crippen LogP contribution in [-0.4, -0.2) is 109 Å². The van der Waals surface area contributed by atoms with E-state index in [1.165, 1.54) is 17.4 Å². The number of alkyl carbamates (subject to hydrolysis) is 1. The van der Waals surface area contributed by atoms with Crippen molar-refractivity contribution in [3.8, 4) is 23.2 Å². The van der Waals surface area contributed by atoms with E-state index in [1.54, 1.807) is 58.2 Å². The van der Waals surface area contributed by atoms with Crippen molar-refractivity contribution in [3.05, 3.63) is 48.9 Å². The van der Waals surface area contributed by atoms with Crippen LogP contribution in [0.2, 0.25) is 0 Å². The number of nitrogens with zero attached hydrogens (tertiary/aromatic N) is 3. The molecule has 3 fully saturated rings. The molecule has 0 spiro atoms. The lowest BCUT2D eigenvalue weighted by atomic mass is 10.1. The number of ether oxygens (including phenoxy) is 4. The average molecular weight is 795 g/mol. The van der Waals surface area contributed by atoms with Gasteiger partial charge in [0, 0.05) is 24.3 Å². The third-order valence-corrected chi connectivity index (χ3v) is 11.9. The molecule has 56 heavy (non-hydrogen) atoms. The fourth-order valence-corrected chi connectivity index (χ4v) is 8.33. The van der Waals surface area contributed by atoms with Crippen molar-refractivity contribution in [3.63, 3.8) is 0 Å². The number of hydrogen-bond donors (Lipinski definition) is 3. The Morgan fingerprint density at radius 2 is 1.95 bits per heavy atom. The first-order valence-electron chi connectivity index (χ1n) is 18.6. The van der Waals surface area contributed by atoms with Crippen LogP contribution in [0.4, 0.5) is 4.79 Å². The molecule has 4 aliphatic rings. The second-order valence-corrected chi connectivity index (χ2v) is 17.5. The maximum atomic E-state index is 14.5. The van der Waals surface area contributed by atoms with Crippen molar-refractivity contribution >= 4 is 44.6 Å². The lowest BCUT2D eigenvalue weighted by molar-refractivity contribution is -0.142. The molecule has 4 heterocycles. The highest BCUT2D eigenvalue weighted by Gasteiger charge is 2.62. The summed E-state index contributed by atoms with van der Waals surface area (Å²) in [6.45, 7) is 4.99. The van der Waals surface area contributed by atoms with Crippen molar-refractivity contribution in [2.24, 2.45) is 5.92 Å². The maximum Gasteiger partial charge on any atom is 0.408 e. The number of benzene rings is 1. The second kappa shape index (κ2) is 15.4. The van der Waals surface area contributed by atoms with Crippen LogP contribution in [0.25, 0.3) is 22.4 Å². The lowest BCUT2D eigenvalue weighted by Crippen LogP contribution is -2.59. The van der Waals surface area contributed by atoms with E-state index in [1.807, 2.05) is 6.08 Å². The molecule has 18 heteroatoms. The standard InChI is InChI=1S/C38H46N6O11S/c1-37(2,3)55-36(48)41-29-21-52-14-7-5-6-8-23-19-38(23,35(47)43-56(49,50)26-10-11-26)42-31(45)30-18-25(20-44(30)34(29)46)54-32-27-12-9-24(51-4)16-22(27)17-28(40-32)33-39-13-15-53-33/h6,8-9,12-13,15-17,23,25-26,29-30H,5,7,10-11,14,18-21H2,1-4H3,(H,41,48)(H,42,45)(H,43,47)/t23-,25?,29+,30+,38-/m1/s1. The van der Waals surface area contributed by atoms with E-state index in [4.69, 9.17) is 28.3 Å². The Kier molecular flexibility index (Phi) is 10.7. The predicted octanol–water partition coefficient (Wildman–Crippen LogP) is 2.99. The molecule has 2 saturated carbocycles. The van der Waals surface area contributed by atoms with Gasteiger partial charge in [0.15, 0.2) is 0 Å². The van der Waals surface area contributed by atoms with Gasteiger partial charge in [-0.25, -0.2) is 23.2 Å². The van der Waals surface area contributed by atoms with E-state index in [2.05, 4.69) is 20.3 Å². The van der Waals surface area contributed by atoms with Gasteiger partial charge in [-0.15, -0.1) is 0 Å². The highest BCUT2D eigenvalue weighted by Crippen LogP contribution is 2.46. The second-order valence-electron chi connectivity index (χ2n) is 15.5. The third kappa shape index (κ3) is 8.60. The SMILES string of the molecule is COc1ccc2c(OC3C[C@H]4C(=O)N[C@]5(C(=O)NS(=O)(=O)C6CC6)C[C@H]5C=CCCCOC[C@H](NC(=O)OC(C)(C)C)C(=O)N4C3)nc(-c3ncco3)cc2c1. The van der Waals surface area contributed by atoms with E-state index >= 15 is 0 Å². The molecule has 5 atom stereocenters. The predicted molar refractivity (Wildman–Crippen MR) is 200 cm³/mol. The summed E-state index contributed by atoms with van der Waals surface area (Å²) < 4.78 is 56.7. The summed E-state index contributed by atoms with van der Waals surface area (Å²) in [6, 6.07) is 4.63. The minimum Gasteiger partial charge on any atom is -0.497 e. The zero-order chi connectivity index (χ0) is 39.8. The van der Waals surface area contributed by atoms with Crippen molar-refractivity contribution in [2.45, 2.75) is 93.9 Å². The van der Waals surface area contributed by atoms with Gasteiger partial charge in [0.2, 0.25) is 33.6 Å². The zero-order valence-electron chi connectivity index (χ0n) is 31.6. The van der Waals surface area contributed by atoms with Gasteiger partial charge in [0.1, 0.15) is 47.0 Å². The van der Waals surface area contributed by atoms with Crippen LogP contribution in [0.5, 0.6) is 11.6 Å². The Morgan fingerprint density at radius 3 is 2.66 bits per heavy atom. The van der Waals surface area contributed by atoms with Gasteiger partial charge in [-0.05, 0) is 82.5 Å². The Morgan fingerprint density at radius 1 is 1.14 bits per heavy atom. The Labute approximate surface area is 323 Å². The van der Waals surface area contributed by atoms with E-state index in [9.17, 15) is 27.6 Å². The summed E-state index contributed by atoms with van der Waals surface area (Å²) >= 11 is 0. The van der Waals surface area contributed by atoms with Gasteiger partial charge < -0.3 is 38.9 Å². The third-order valence-electron chi connectivity index (χ3n) is 10.0. The number of pyridine rings is 1. The number of aromatic nitrogens is 2. The summed E-state index contributed by atoms with van der Waals surface area (Å²) in [5.74, 6) is -1.65. The van der Waals surface area contributed by atoms with Crippen LogP contribution in [0.1, 0.15) is 59.3 Å². The molecule has 2 aliphatic heterocycles. The number of hydrogen-bond acceptors (Lipinski definition) is 13. The molecule has 0 radical (unpaired) electrons. The lowest BCUT2D eigenvalue weighted by Gasteiger charge is -2.30. The summed E-state index contributed by atoms with van der Waals surface area (Å²) in [4.78, 5) is 65.9. The fourth-order valence-electron chi connectivity index (χ4n) is 6.97. The fraction of sp³-hybridized carbons (Fsp3) is 0.526. The molecular weight excluding hydrogens is 749 g/mol. The summed E-state index contributed by atoms with van der Waals surface area (Å²) in [5, 5.41) is 6.11. The van der Waals surface area contributed by atoms with Crippen molar-refractivity contribution in [1.29, 1.82) is 0 Å². The normalized spacial score (nSPS) is 25.9. The first kappa shape index (κ1) is 39.0. The molecule has 17 nitrogen and oxygen atoms in total. The molecule has 2 aliphatic carbocycles. The van der Waals surface area contributed by atoms with Crippen molar-refractivity contribution in [1.82, 2.24) is 30.2 Å². The van der Waals surface area contributed by atoms with Crippen LogP contribution in [-0.2, 0) is 33.9 Å². The number of fused-ring (bicyclic) bond motifs is 3. The van der Waals surface area contributed by atoms with Gasteiger partial charge in [0.25, 0.3) is 5.91 Å². The van der Waals surface area contributed by atoms with E-state index < -0.39 is 74.3 Å². The smallest absolute Gasteiger partial charge is 0.408 e. The number of allylic oxidation sites excluding steroid dienone is 1. The molecule has 7 rings (SSSR count). The number of carbonyl (C=O) groups is 4. The van der Waals surface area contributed by atoms with Crippen molar-refractivity contribution < 1.29 is 51.0 Å². The molecule has 300 valence electrons. The highest BCUT2D eigenvalue weighted by molar-refractivity contribution is 7.91. The topological polar surface area (TPSA) is 218 Å². The Balaban J connectivity index is 1.22. The number of methoxy groups -OCH3 is 1. The zero-order valence-corrected chi connectivity index (χ0v) is 32.4. The number of sulfonamides is 1. The highest BCUT2D eigenvalue weighted by atomic mass is 32.2. The summed E-state index contributed by atoms with van der Waals surface area (Å²) in [7, 11) is -2.38. The first-order valence-corrected chi connectivity index (χ1v) is 20.2. The van der Waals surface area contributed by atoms with Crippen LogP contribution in [0, 0.1) is 5.92 Å². The van der Waals surface area contributed by atoms with Crippen molar-refractivity contribution in [2.75, 3.05) is 26.9 Å². The van der Waals surface area contributed by atoms with Gasteiger partial charge in [-0.1, -0.05) is 12.2 Å². The molecule has 3 N–H and O–H groups in total. The summed E-state index contributed by atoms with van der Waals surface area (Å²) in [5.41, 5.74) is -2.06. The molecule has 2 aromatic heterocycles. The summed E-state index contributed by atoms with van der Waals surface area (Å²) in [6.07, 6.45) is 7.02. The molecule has 3 aromatic rings. The van der Waals surface area contributed by atoms with Gasteiger partial charge in [-0.3, -0.25) is 19.1 Å². The minimum absolute atomic E-state index is 0.0429. The Bertz CT molecular complexity index is 2130. The molecule has 1 unspecified atom stereocenters. The molecule has 1 aromatic carbocycles. The number of rotatable bonds is 8. The number of oxazole rings is 1. The molecule has 4 amide bonds. The number of nitrogens with one attached hydrogen (secondary N) is 3. The molecule has 1 saturated heterocycles. The number of carbonyl (C=O) groups excluding carboxylic acids is 4. The van der Waals surface area contributed by atoms with E-state index in [-0.39, 0.29) is 44.4 Å². The Hall–Kier alpha value is -5.23.